The largest absolute Gasteiger partial charge is 0.497 e. The molecule has 1 aliphatic heterocycles. The molecular weight excluding hydrogens is 258 g/mol. The zero-order valence-electron chi connectivity index (χ0n) is 11.9. The third-order valence-corrected chi connectivity index (χ3v) is 3.53. The summed E-state index contributed by atoms with van der Waals surface area (Å²) in [6.45, 7) is 3.94. The lowest BCUT2D eigenvalue weighted by molar-refractivity contribution is -0.147. The van der Waals surface area contributed by atoms with Crippen LogP contribution in [0.25, 0.3) is 0 Å². The first-order chi connectivity index (χ1) is 9.42. The lowest BCUT2D eigenvalue weighted by atomic mass is 9.90. The molecule has 1 fully saturated rings. The van der Waals surface area contributed by atoms with Gasteiger partial charge in [-0.15, -0.1) is 0 Å². The molecule has 0 unspecified atom stereocenters. The fraction of sp³-hybridized carbons (Fsp3) is 0.467. The number of rotatable bonds is 4. The average Bonchev–Trinajstić information content (AvgIpc) is 2.69. The molecule has 1 aliphatic rings. The van der Waals surface area contributed by atoms with Crippen LogP contribution in [-0.4, -0.2) is 24.6 Å². The van der Waals surface area contributed by atoms with Gasteiger partial charge in [0.2, 0.25) is 5.91 Å². The van der Waals surface area contributed by atoms with Crippen LogP contribution in [0.4, 0.5) is 0 Å². The smallest absolute Gasteiger partial charge is 0.307 e. The predicted octanol–water partition coefficient (Wildman–Crippen LogP) is 1.65. The summed E-state index contributed by atoms with van der Waals surface area (Å²) in [5, 5.41) is 2.84. The Bertz CT molecular complexity index is 507. The summed E-state index contributed by atoms with van der Waals surface area (Å²) in [5.74, 6) is -0.138. The Balaban J connectivity index is 1.93. The van der Waals surface area contributed by atoms with Gasteiger partial charge in [-0.25, -0.2) is 0 Å². The summed E-state index contributed by atoms with van der Waals surface area (Å²) in [6.07, 6.45) is 0.140. The van der Waals surface area contributed by atoms with Crippen molar-refractivity contribution in [2.75, 3.05) is 7.11 Å². The summed E-state index contributed by atoms with van der Waals surface area (Å²) < 4.78 is 10.2. The summed E-state index contributed by atoms with van der Waals surface area (Å²) in [7, 11) is 1.61. The minimum atomic E-state index is -0.735. The lowest BCUT2D eigenvalue weighted by Gasteiger charge is -2.23. The zero-order valence-corrected chi connectivity index (χ0v) is 11.9. The number of amides is 1. The molecule has 20 heavy (non-hydrogen) atoms. The van der Waals surface area contributed by atoms with E-state index >= 15 is 0 Å². The van der Waals surface area contributed by atoms with E-state index in [1.807, 2.05) is 24.3 Å². The Kier molecular flexibility index (Phi) is 3.97. The number of methoxy groups -OCH3 is 1. The van der Waals surface area contributed by atoms with Crippen LogP contribution < -0.4 is 10.1 Å². The molecule has 5 heteroatoms. The number of nitrogens with one attached hydrogen (secondary N) is 1. The second-order valence-electron chi connectivity index (χ2n) is 5.40. The summed E-state index contributed by atoms with van der Waals surface area (Å²) in [5.41, 5.74) is 0.239. The summed E-state index contributed by atoms with van der Waals surface area (Å²) >= 11 is 0. The van der Waals surface area contributed by atoms with Crippen molar-refractivity contribution < 1.29 is 19.1 Å². The highest BCUT2D eigenvalue weighted by atomic mass is 16.6. The van der Waals surface area contributed by atoms with Crippen molar-refractivity contribution in [3.63, 3.8) is 0 Å². The van der Waals surface area contributed by atoms with Gasteiger partial charge in [-0.3, -0.25) is 9.59 Å². The van der Waals surface area contributed by atoms with Gasteiger partial charge in [0, 0.05) is 6.54 Å². The molecule has 0 bridgehead atoms. The number of hydrogen-bond donors (Lipinski definition) is 1. The number of ether oxygens (including phenoxy) is 2. The van der Waals surface area contributed by atoms with Gasteiger partial charge >= 0.3 is 5.97 Å². The number of hydrogen-bond acceptors (Lipinski definition) is 4. The monoisotopic (exact) mass is 277 g/mol. The van der Waals surface area contributed by atoms with Crippen molar-refractivity contribution in [1.29, 1.82) is 0 Å². The first-order valence-corrected chi connectivity index (χ1v) is 6.55. The molecule has 1 amide bonds. The van der Waals surface area contributed by atoms with Crippen molar-refractivity contribution in [3.05, 3.63) is 29.8 Å². The average molecular weight is 277 g/mol. The van der Waals surface area contributed by atoms with Crippen LogP contribution in [0.15, 0.2) is 24.3 Å². The van der Waals surface area contributed by atoms with Crippen LogP contribution in [0.3, 0.4) is 0 Å². The normalized spacial score (nSPS) is 20.4. The quantitative estimate of drug-likeness (QED) is 0.850. The number of cyclic esters (lactones) is 1. The Labute approximate surface area is 118 Å². The van der Waals surface area contributed by atoms with Crippen molar-refractivity contribution in [2.45, 2.75) is 32.4 Å². The van der Waals surface area contributed by atoms with E-state index in [2.05, 4.69) is 5.32 Å². The topological polar surface area (TPSA) is 64.6 Å². The standard InChI is InChI=1S/C15H19NO4/c1-15(2)12(8-13(17)20-15)14(18)16-9-10-4-6-11(19-3)7-5-10/h4-7,12H,8-9H2,1-3H3,(H,16,18)/t12-/m0/s1. The molecule has 0 aliphatic carbocycles. The van der Waals surface area contributed by atoms with Crippen LogP contribution in [0.5, 0.6) is 5.75 Å². The summed E-state index contributed by atoms with van der Waals surface area (Å²) in [4.78, 5) is 23.4. The molecule has 0 spiro atoms. The number of carbonyl (C=O) groups excluding carboxylic acids is 2. The van der Waals surface area contributed by atoms with Crippen molar-refractivity contribution in [2.24, 2.45) is 5.92 Å². The van der Waals surface area contributed by atoms with E-state index in [9.17, 15) is 9.59 Å². The molecule has 0 radical (unpaired) electrons. The van der Waals surface area contributed by atoms with Crippen LogP contribution in [-0.2, 0) is 20.9 Å². The van der Waals surface area contributed by atoms with Crippen LogP contribution in [0.2, 0.25) is 0 Å². The van der Waals surface area contributed by atoms with Gasteiger partial charge < -0.3 is 14.8 Å². The Morgan fingerprint density at radius 1 is 1.40 bits per heavy atom. The van der Waals surface area contributed by atoms with E-state index < -0.39 is 11.5 Å². The molecule has 1 heterocycles. The molecule has 0 aromatic heterocycles. The van der Waals surface area contributed by atoms with E-state index in [1.54, 1.807) is 21.0 Å². The van der Waals surface area contributed by atoms with Crippen molar-refractivity contribution in [3.8, 4) is 5.75 Å². The second-order valence-corrected chi connectivity index (χ2v) is 5.40. The minimum Gasteiger partial charge on any atom is -0.497 e. The Hall–Kier alpha value is -2.04. The van der Waals surface area contributed by atoms with Gasteiger partial charge in [-0.2, -0.15) is 0 Å². The van der Waals surface area contributed by atoms with E-state index in [4.69, 9.17) is 9.47 Å². The number of carbonyl (C=O) groups is 2. The molecule has 1 aromatic carbocycles. The maximum atomic E-state index is 12.1. The van der Waals surface area contributed by atoms with Gasteiger partial charge in [0.05, 0.1) is 19.4 Å². The predicted molar refractivity (Wildman–Crippen MR) is 73.1 cm³/mol. The molecule has 2 rings (SSSR count). The zero-order chi connectivity index (χ0) is 14.8. The van der Waals surface area contributed by atoms with E-state index in [0.717, 1.165) is 11.3 Å². The SMILES string of the molecule is COc1ccc(CNC(=O)[C@@H]2CC(=O)OC2(C)C)cc1. The molecule has 1 N–H and O–H groups in total. The fourth-order valence-corrected chi connectivity index (χ4v) is 2.28. The molecule has 1 atom stereocenters. The first kappa shape index (κ1) is 14.4. The second kappa shape index (κ2) is 5.53. The third kappa shape index (κ3) is 3.10. The number of esters is 1. The van der Waals surface area contributed by atoms with Crippen molar-refractivity contribution in [1.82, 2.24) is 5.32 Å². The van der Waals surface area contributed by atoms with Crippen LogP contribution in [0.1, 0.15) is 25.8 Å². The molecule has 1 aromatic rings. The highest BCUT2D eigenvalue weighted by molar-refractivity contribution is 5.87. The third-order valence-electron chi connectivity index (χ3n) is 3.53. The van der Waals surface area contributed by atoms with Gasteiger partial charge in [0.25, 0.3) is 0 Å². The maximum Gasteiger partial charge on any atom is 0.307 e. The van der Waals surface area contributed by atoms with E-state index in [-0.39, 0.29) is 18.3 Å². The Morgan fingerprint density at radius 2 is 2.05 bits per heavy atom. The van der Waals surface area contributed by atoms with Gasteiger partial charge in [0.15, 0.2) is 0 Å². The van der Waals surface area contributed by atoms with Crippen LogP contribution in [0, 0.1) is 5.92 Å². The molecule has 5 nitrogen and oxygen atoms in total. The minimum absolute atomic E-state index is 0.140. The van der Waals surface area contributed by atoms with E-state index in [0.29, 0.717) is 6.54 Å². The van der Waals surface area contributed by atoms with Crippen molar-refractivity contribution >= 4 is 11.9 Å². The lowest BCUT2D eigenvalue weighted by Crippen LogP contribution is -2.40. The van der Waals surface area contributed by atoms with E-state index in [1.165, 1.54) is 0 Å². The maximum absolute atomic E-state index is 12.1. The highest BCUT2D eigenvalue weighted by Gasteiger charge is 2.45. The van der Waals surface area contributed by atoms with Gasteiger partial charge in [-0.05, 0) is 31.5 Å². The van der Waals surface area contributed by atoms with Gasteiger partial charge in [0.1, 0.15) is 11.4 Å². The first-order valence-electron chi connectivity index (χ1n) is 6.55. The molecule has 108 valence electrons. The summed E-state index contributed by atoms with van der Waals surface area (Å²) in [6, 6.07) is 7.46. The molecule has 1 saturated heterocycles. The van der Waals surface area contributed by atoms with Gasteiger partial charge in [-0.1, -0.05) is 12.1 Å². The molecule has 0 saturated carbocycles. The fourth-order valence-electron chi connectivity index (χ4n) is 2.28. The van der Waals surface area contributed by atoms with Crippen LogP contribution >= 0.6 is 0 Å². The highest BCUT2D eigenvalue weighted by Crippen LogP contribution is 2.32. The number of benzene rings is 1. The molecular formula is C15H19NO4. The Morgan fingerprint density at radius 3 is 2.55 bits per heavy atom.